The molecule has 2 nitrogen and oxygen atoms in total. The maximum Gasteiger partial charge on any atom is 0.119 e. The maximum absolute atomic E-state index is 5.89. The van der Waals surface area contributed by atoms with Crippen LogP contribution in [-0.2, 0) is 6.61 Å². The van der Waals surface area contributed by atoms with Crippen molar-refractivity contribution in [3.8, 4) is 16.9 Å². The third-order valence-corrected chi connectivity index (χ3v) is 3.64. The Labute approximate surface area is 131 Å². The smallest absolute Gasteiger partial charge is 0.119 e. The van der Waals surface area contributed by atoms with Gasteiger partial charge in [0.05, 0.1) is 0 Å². The Morgan fingerprint density at radius 3 is 2.09 bits per heavy atom. The first-order valence-electron chi connectivity index (χ1n) is 7.41. The van der Waals surface area contributed by atoms with Gasteiger partial charge in [-0.25, -0.2) is 0 Å². The van der Waals surface area contributed by atoms with Crippen molar-refractivity contribution in [1.82, 2.24) is 0 Å². The number of hydrogen-bond acceptors (Lipinski definition) is 2. The molecule has 110 valence electrons. The SMILES string of the molecule is CNc1ccccc1COc1ccc(-c2ccccc2)cc1. The average Bonchev–Trinajstić information content (AvgIpc) is 2.61. The lowest BCUT2D eigenvalue weighted by Gasteiger charge is -2.11. The molecular formula is C20H19NO. The van der Waals surface area contributed by atoms with E-state index < -0.39 is 0 Å². The van der Waals surface area contributed by atoms with Gasteiger partial charge in [-0.15, -0.1) is 0 Å². The van der Waals surface area contributed by atoms with Crippen molar-refractivity contribution < 1.29 is 4.74 Å². The lowest BCUT2D eigenvalue weighted by atomic mass is 10.1. The van der Waals surface area contributed by atoms with Crippen LogP contribution < -0.4 is 10.1 Å². The quantitative estimate of drug-likeness (QED) is 0.715. The minimum absolute atomic E-state index is 0.557. The fraction of sp³-hybridized carbons (Fsp3) is 0.100. The van der Waals surface area contributed by atoms with E-state index in [1.165, 1.54) is 11.1 Å². The number of para-hydroxylation sites is 1. The summed E-state index contributed by atoms with van der Waals surface area (Å²) in [7, 11) is 1.92. The van der Waals surface area contributed by atoms with Crippen LogP contribution in [0.1, 0.15) is 5.56 Å². The number of rotatable bonds is 5. The van der Waals surface area contributed by atoms with E-state index in [2.05, 4.69) is 53.8 Å². The highest BCUT2D eigenvalue weighted by Crippen LogP contribution is 2.23. The van der Waals surface area contributed by atoms with E-state index in [9.17, 15) is 0 Å². The van der Waals surface area contributed by atoms with Crippen LogP contribution in [0.25, 0.3) is 11.1 Å². The molecule has 0 radical (unpaired) electrons. The van der Waals surface area contributed by atoms with Gasteiger partial charge in [-0.1, -0.05) is 60.7 Å². The summed E-state index contributed by atoms with van der Waals surface area (Å²) < 4.78 is 5.89. The highest BCUT2D eigenvalue weighted by molar-refractivity contribution is 5.63. The van der Waals surface area contributed by atoms with Gasteiger partial charge in [0.1, 0.15) is 12.4 Å². The molecule has 0 saturated carbocycles. The van der Waals surface area contributed by atoms with E-state index in [4.69, 9.17) is 4.74 Å². The summed E-state index contributed by atoms with van der Waals surface area (Å²) in [6.45, 7) is 0.557. The standard InChI is InChI=1S/C20H19NO/c1-21-20-10-6-5-9-18(20)15-22-19-13-11-17(12-14-19)16-7-3-2-4-8-16/h2-14,21H,15H2,1H3. The molecule has 0 aliphatic heterocycles. The predicted molar refractivity (Wildman–Crippen MR) is 92.2 cm³/mol. The molecule has 0 aliphatic rings. The molecule has 0 amide bonds. The number of ether oxygens (including phenoxy) is 1. The zero-order valence-corrected chi connectivity index (χ0v) is 12.6. The first-order chi connectivity index (χ1) is 10.9. The largest absolute Gasteiger partial charge is 0.489 e. The van der Waals surface area contributed by atoms with E-state index in [1.807, 2.05) is 37.4 Å². The van der Waals surface area contributed by atoms with Crippen LogP contribution in [0, 0.1) is 0 Å². The van der Waals surface area contributed by atoms with Crippen LogP contribution in [0.2, 0.25) is 0 Å². The topological polar surface area (TPSA) is 21.3 Å². The van der Waals surface area contributed by atoms with Crippen molar-refractivity contribution in [2.75, 3.05) is 12.4 Å². The fourth-order valence-corrected chi connectivity index (χ4v) is 2.43. The summed E-state index contributed by atoms with van der Waals surface area (Å²) in [6.07, 6.45) is 0. The average molecular weight is 289 g/mol. The van der Waals surface area contributed by atoms with Gasteiger partial charge in [-0.2, -0.15) is 0 Å². The molecule has 0 aliphatic carbocycles. The van der Waals surface area contributed by atoms with Gasteiger partial charge in [0.2, 0.25) is 0 Å². The molecule has 0 saturated heterocycles. The summed E-state index contributed by atoms with van der Waals surface area (Å²) in [6, 6.07) is 26.7. The Bertz CT molecular complexity index is 720. The first-order valence-corrected chi connectivity index (χ1v) is 7.41. The van der Waals surface area contributed by atoms with Crippen LogP contribution in [0.15, 0.2) is 78.9 Å². The Hall–Kier alpha value is -2.74. The fourth-order valence-electron chi connectivity index (χ4n) is 2.43. The molecule has 0 unspecified atom stereocenters. The third kappa shape index (κ3) is 3.29. The van der Waals surface area contributed by atoms with E-state index in [1.54, 1.807) is 0 Å². The molecule has 0 heterocycles. The minimum Gasteiger partial charge on any atom is -0.489 e. The van der Waals surface area contributed by atoms with Crippen LogP contribution in [-0.4, -0.2) is 7.05 Å². The number of nitrogens with one attached hydrogen (secondary N) is 1. The molecule has 0 bridgehead atoms. The van der Waals surface area contributed by atoms with Crippen LogP contribution in [0.5, 0.6) is 5.75 Å². The Kier molecular flexibility index (Phi) is 4.40. The first kappa shape index (κ1) is 14.2. The van der Waals surface area contributed by atoms with Crippen LogP contribution in [0.3, 0.4) is 0 Å². The van der Waals surface area contributed by atoms with Gasteiger partial charge in [-0.05, 0) is 29.3 Å². The van der Waals surface area contributed by atoms with E-state index >= 15 is 0 Å². The van der Waals surface area contributed by atoms with Crippen molar-refractivity contribution in [2.45, 2.75) is 6.61 Å². The molecule has 3 aromatic rings. The molecule has 3 rings (SSSR count). The van der Waals surface area contributed by atoms with Crippen molar-refractivity contribution in [3.63, 3.8) is 0 Å². The summed E-state index contributed by atoms with van der Waals surface area (Å²) in [4.78, 5) is 0. The monoisotopic (exact) mass is 289 g/mol. The van der Waals surface area contributed by atoms with E-state index in [0.717, 1.165) is 17.0 Å². The minimum atomic E-state index is 0.557. The zero-order chi connectivity index (χ0) is 15.2. The summed E-state index contributed by atoms with van der Waals surface area (Å²) in [5.41, 5.74) is 4.67. The molecule has 0 fully saturated rings. The van der Waals surface area contributed by atoms with Crippen molar-refractivity contribution >= 4 is 5.69 Å². The van der Waals surface area contributed by atoms with Gasteiger partial charge in [0, 0.05) is 18.3 Å². The van der Waals surface area contributed by atoms with Crippen LogP contribution >= 0.6 is 0 Å². The summed E-state index contributed by atoms with van der Waals surface area (Å²) in [5, 5.41) is 3.18. The molecule has 22 heavy (non-hydrogen) atoms. The number of hydrogen-bond donors (Lipinski definition) is 1. The Morgan fingerprint density at radius 2 is 1.36 bits per heavy atom. The van der Waals surface area contributed by atoms with Crippen LogP contribution in [0.4, 0.5) is 5.69 Å². The lowest BCUT2D eigenvalue weighted by molar-refractivity contribution is 0.307. The number of benzene rings is 3. The Morgan fingerprint density at radius 1 is 0.727 bits per heavy atom. The normalized spacial score (nSPS) is 10.2. The van der Waals surface area contributed by atoms with Crippen molar-refractivity contribution in [3.05, 3.63) is 84.4 Å². The molecule has 1 N–H and O–H groups in total. The maximum atomic E-state index is 5.89. The highest BCUT2D eigenvalue weighted by Gasteiger charge is 2.02. The second kappa shape index (κ2) is 6.81. The van der Waals surface area contributed by atoms with Gasteiger partial charge < -0.3 is 10.1 Å². The zero-order valence-electron chi connectivity index (χ0n) is 12.6. The second-order valence-corrected chi connectivity index (χ2v) is 5.09. The molecule has 0 atom stereocenters. The summed E-state index contributed by atoms with van der Waals surface area (Å²) in [5.74, 6) is 0.880. The van der Waals surface area contributed by atoms with Crippen molar-refractivity contribution in [2.24, 2.45) is 0 Å². The second-order valence-electron chi connectivity index (χ2n) is 5.09. The predicted octanol–water partition coefficient (Wildman–Crippen LogP) is 4.97. The molecular weight excluding hydrogens is 270 g/mol. The summed E-state index contributed by atoms with van der Waals surface area (Å²) >= 11 is 0. The van der Waals surface area contributed by atoms with Crippen molar-refractivity contribution in [1.29, 1.82) is 0 Å². The van der Waals surface area contributed by atoms with E-state index in [-0.39, 0.29) is 0 Å². The lowest BCUT2D eigenvalue weighted by Crippen LogP contribution is -2.00. The highest BCUT2D eigenvalue weighted by atomic mass is 16.5. The number of anilines is 1. The Balaban J connectivity index is 1.69. The van der Waals surface area contributed by atoms with E-state index in [0.29, 0.717) is 6.61 Å². The van der Waals surface area contributed by atoms with Gasteiger partial charge >= 0.3 is 0 Å². The molecule has 0 aromatic heterocycles. The van der Waals surface area contributed by atoms with Gasteiger partial charge in [0.15, 0.2) is 0 Å². The molecule has 2 heteroatoms. The van der Waals surface area contributed by atoms with Gasteiger partial charge in [-0.3, -0.25) is 0 Å². The van der Waals surface area contributed by atoms with Gasteiger partial charge in [0.25, 0.3) is 0 Å². The molecule has 3 aromatic carbocycles. The molecule has 0 spiro atoms. The third-order valence-electron chi connectivity index (χ3n) is 3.64.